The van der Waals surface area contributed by atoms with Crippen LogP contribution < -0.4 is 5.32 Å². The van der Waals surface area contributed by atoms with Crippen molar-refractivity contribution >= 4 is 21.6 Å². The lowest BCUT2D eigenvalue weighted by atomic mass is 10.0. The van der Waals surface area contributed by atoms with E-state index >= 15 is 0 Å². The molecule has 3 aromatic rings. The molecular formula is C18H20N2S. The maximum Gasteiger partial charge on any atom is 0.0957 e. The van der Waals surface area contributed by atoms with Gasteiger partial charge in [-0.15, -0.1) is 11.3 Å². The van der Waals surface area contributed by atoms with Gasteiger partial charge in [0.1, 0.15) is 0 Å². The van der Waals surface area contributed by atoms with Gasteiger partial charge in [0, 0.05) is 12.5 Å². The number of hydrogen-bond acceptors (Lipinski definition) is 3. The normalized spacial score (nSPS) is 12.6. The number of aromatic nitrogens is 1. The lowest BCUT2D eigenvalue weighted by Crippen LogP contribution is -2.24. The van der Waals surface area contributed by atoms with Crippen LogP contribution in [0, 0.1) is 0 Å². The maximum atomic E-state index is 4.76. The molecule has 0 saturated carbocycles. The van der Waals surface area contributed by atoms with Crippen molar-refractivity contribution in [3.8, 4) is 0 Å². The molecule has 2 aromatic carbocycles. The molecule has 0 radical (unpaired) electrons. The van der Waals surface area contributed by atoms with Crippen LogP contribution in [-0.4, -0.2) is 11.5 Å². The highest BCUT2D eigenvalue weighted by Gasteiger charge is 2.14. The first-order valence-electron chi connectivity index (χ1n) is 7.49. The molecule has 0 aliphatic rings. The number of nitrogens with zero attached hydrogens (tertiary/aromatic N) is 1. The lowest BCUT2D eigenvalue weighted by molar-refractivity contribution is 0.528. The minimum atomic E-state index is 0.340. The fourth-order valence-electron chi connectivity index (χ4n) is 2.49. The molecule has 21 heavy (non-hydrogen) atoms. The van der Waals surface area contributed by atoms with Crippen LogP contribution in [0.5, 0.6) is 0 Å². The highest BCUT2D eigenvalue weighted by atomic mass is 32.1. The van der Waals surface area contributed by atoms with Gasteiger partial charge in [0.05, 0.1) is 15.2 Å². The van der Waals surface area contributed by atoms with Crippen LogP contribution in [0.4, 0.5) is 0 Å². The molecule has 1 N–H and O–H groups in total. The van der Waals surface area contributed by atoms with Crippen LogP contribution in [0.3, 0.4) is 0 Å². The quantitative estimate of drug-likeness (QED) is 0.720. The molecular weight excluding hydrogens is 276 g/mol. The van der Waals surface area contributed by atoms with E-state index in [1.165, 1.54) is 15.3 Å². The molecule has 0 aliphatic heterocycles. The van der Waals surface area contributed by atoms with Gasteiger partial charge in [-0.25, -0.2) is 4.98 Å². The Labute approximate surface area is 129 Å². The van der Waals surface area contributed by atoms with Crippen LogP contribution in [0.15, 0.2) is 54.6 Å². The van der Waals surface area contributed by atoms with Gasteiger partial charge in [0.15, 0.2) is 0 Å². The van der Waals surface area contributed by atoms with Gasteiger partial charge in [-0.3, -0.25) is 0 Å². The van der Waals surface area contributed by atoms with Crippen LogP contribution in [0.25, 0.3) is 10.2 Å². The molecule has 0 bridgehead atoms. The number of para-hydroxylation sites is 1. The van der Waals surface area contributed by atoms with Gasteiger partial charge in [0.2, 0.25) is 0 Å². The van der Waals surface area contributed by atoms with Crippen molar-refractivity contribution in [2.75, 3.05) is 6.54 Å². The Bertz CT molecular complexity index is 658. The van der Waals surface area contributed by atoms with Gasteiger partial charge in [-0.2, -0.15) is 0 Å². The fourth-order valence-corrected chi connectivity index (χ4v) is 3.51. The number of benzene rings is 2. The highest BCUT2D eigenvalue weighted by Crippen LogP contribution is 2.26. The summed E-state index contributed by atoms with van der Waals surface area (Å²) in [5, 5.41) is 4.85. The minimum absolute atomic E-state index is 0.340. The third-order valence-electron chi connectivity index (χ3n) is 3.56. The second-order valence-electron chi connectivity index (χ2n) is 5.20. The molecule has 1 atom stereocenters. The summed E-state index contributed by atoms with van der Waals surface area (Å²) in [6, 6.07) is 19.4. The largest absolute Gasteiger partial charge is 0.310 e. The summed E-state index contributed by atoms with van der Waals surface area (Å²) in [5.74, 6) is 0. The second kappa shape index (κ2) is 6.83. The molecule has 1 aromatic heterocycles. The molecule has 1 heterocycles. The van der Waals surface area contributed by atoms with E-state index in [0.717, 1.165) is 24.9 Å². The van der Waals surface area contributed by atoms with Crippen molar-refractivity contribution in [2.45, 2.75) is 25.8 Å². The second-order valence-corrected chi connectivity index (χ2v) is 6.31. The summed E-state index contributed by atoms with van der Waals surface area (Å²) in [5.41, 5.74) is 2.45. The van der Waals surface area contributed by atoms with Crippen molar-refractivity contribution in [3.63, 3.8) is 0 Å². The summed E-state index contributed by atoms with van der Waals surface area (Å²) in [6.07, 6.45) is 2.09. The van der Waals surface area contributed by atoms with Gasteiger partial charge in [0.25, 0.3) is 0 Å². The van der Waals surface area contributed by atoms with E-state index < -0.39 is 0 Å². The molecule has 108 valence electrons. The first-order valence-corrected chi connectivity index (χ1v) is 8.31. The standard InChI is InChI=1S/C18H20N2S/c1-2-12-19-16(14-8-4-3-5-9-14)13-18-20-15-10-6-7-11-17(15)21-18/h3-11,16,19H,2,12-13H2,1H3. The van der Waals surface area contributed by atoms with Crippen LogP contribution in [-0.2, 0) is 6.42 Å². The van der Waals surface area contributed by atoms with Crippen LogP contribution in [0.1, 0.15) is 30.0 Å². The molecule has 0 amide bonds. The molecule has 0 saturated heterocycles. The zero-order valence-corrected chi connectivity index (χ0v) is 13.1. The molecule has 0 fully saturated rings. The highest BCUT2D eigenvalue weighted by molar-refractivity contribution is 7.18. The first kappa shape index (κ1) is 14.2. The topological polar surface area (TPSA) is 24.9 Å². The Morgan fingerprint density at radius 2 is 1.81 bits per heavy atom. The summed E-state index contributed by atoms with van der Waals surface area (Å²) in [7, 11) is 0. The maximum absolute atomic E-state index is 4.76. The Morgan fingerprint density at radius 3 is 2.57 bits per heavy atom. The molecule has 0 aliphatic carbocycles. The zero-order valence-electron chi connectivity index (χ0n) is 12.3. The third-order valence-corrected chi connectivity index (χ3v) is 4.62. The summed E-state index contributed by atoms with van der Waals surface area (Å²) < 4.78 is 1.27. The smallest absolute Gasteiger partial charge is 0.0957 e. The molecule has 1 unspecified atom stereocenters. The van der Waals surface area contributed by atoms with Crippen LogP contribution in [0.2, 0.25) is 0 Å². The van der Waals surface area contributed by atoms with Crippen molar-refractivity contribution in [1.29, 1.82) is 0 Å². The lowest BCUT2D eigenvalue weighted by Gasteiger charge is -2.17. The Morgan fingerprint density at radius 1 is 1.05 bits per heavy atom. The molecule has 3 heteroatoms. The van der Waals surface area contributed by atoms with Gasteiger partial charge >= 0.3 is 0 Å². The summed E-state index contributed by atoms with van der Waals surface area (Å²) in [6.45, 7) is 3.23. The number of nitrogens with one attached hydrogen (secondary N) is 1. The SMILES string of the molecule is CCCNC(Cc1nc2ccccc2s1)c1ccccc1. The van der Waals surface area contributed by atoms with Gasteiger partial charge in [-0.1, -0.05) is 49.4 Å². The summed E-state index contributed by atoms with van der Waals surface area (Å²) in [4.78, 5) is 4.76. The average Bonchev–Trinajstić information content (AvgIpc) is 2.94. The van der Waals surface area contributed by atoms with E-state index in [1.807, 2.05) is 0 Å². The van der Waals surface area contributed by atoms with Crippen molar-refractivity contribution < 1.29 is 0 Å². The average molecular weight is 296 g/mol. The van der Waals surface area contributed by atoms with E-state index in [4.69, 9.17) is 4.98 Å². The Balaban J connectivity index is 1.83. The Kier molecular flexibility index (Phi) is 4.63. The number of thiazole rings is 1. The predicted octanol–water partition coefficient (Wildman–Crippen LogP) is 4.58. The van der Waals surface area contributed by atoms with E-state index in [0.29, 0.717) is 6.04 Å². The Hall–Kier alpha value is -1.71. The van der Waals surface area contributed by atoms with Crippen molar-refractivity contribution in [3.05, 3.63) is 65.2 Å². The third kappa shape index (κ3) is 3.49. The molecule has 3 rings (SSSR count). The summed E-state index contributed by atoms with van der Waals surface area (Å²) >= 11 is 1.80. The molecule has 2 nitrogen and oxygen atoms in total. The predicted molar refractivity (Wildman–Crippen MR) is 90.8 cm³/mol. The van der Waals surface area contributed by atoms with Crippen molar-refractivity contribution in [1.82, 2.24) is 10.3 Å². The number of hydrogen-bond donors (Lipinski definition) is 1. The van der Waals surface area contributed by atoms with Crippen LogP contribution >= 0.6 is 11.3 Å². The van der Waals surface area contributed by atoms with E-state index in [-0.39, 0.29) is 0 Å². The molecule has 0 spiro atoms. The number of rotatable bonds is 6. The minimum Gasteiger partial charge on any atom is -0.310 e. The zero-order chi connectivity index (χ0) is 14.5. The van der Waals surface area contributed by atoms with Gasteiger partial charge < -0.3 is 5.32 Å². The first-order chi connectivity index (χ1) is 10.4. The van der Waals surface area contributed by atoms with E-state index in [9.17, 15) is 0 Å². The van der Waals surface area contributed by atoms with Gasteiger partial charge in [-0.05, 0) is 30.7 Å². The number of fused-ring (bicyclic) bond motifs is 1. The monoisotopic (exact) mass is 296 g/mol. The fraction of sp³-hybridized carbons (Fsp3) is 0.278. The van der Waals surface area contributed by atoms with Crippen molar-refractivity contribution in [2.24, 2.45) is 0 Å². The van der Waals surface area contributed by atoms with E-state index in [2.05, 4.69) is 66.8 Å². The van der Waals surface area contributed by atoms with E-state index in [1.54, 1.807) is 11.3 Å².